The molecule has 0 saturated carbocycles. The Kier molecular flexibility index (Phi) is 5.38. The first-order chi connectivity index (χ1) is 9.52. The van der Waals surface area contributed by atoms with Crippen LogP contribution < -0.4 is 5.32 Å². The lowest BCUT2D eigenvalue weighted by Gasteiger charge is -2.25. The van der Waals surface area contributed by atoms with Crippen LogP contribution in [-0.2, 0) is 6.18 Å². The van der Waals surface area contributed by atoms with Crippen LogP contribution in [0.5, 0.6) is 0 Å². The number of halogens is 3. The van der Waals surface area contributed by atoms with Gasteiger partial charge in [0.1, 0.15) is 0 Å². The highest BCUT2D eigenvalue weighted by Crippen LogP contribution is 2.36. The summed E-state index contributed by atoms with van der Waals surface area (Å²) in [6.07, 6.45) is -2.21. The van der Waals surface area contributed by atoms with Gasteiger partial charge in [-0.1, -0.05) is 19.1 Å². The molecule has 1 aliphatic heterocycles. The van der Waals surface area contributed by atoms with Crippen molar-refractivity contribution in [2.45, 2.75) is 32.0 Å². The predicted molar refractivity (Wildman–Crippen MR) is 77.9 cm³/mol. The number of nitrogens with one attached hydrogen (secondary N) is 1. The molecular weight excluding hydrogens is 283 g/mol. The second-order valence-electron chi connectivity index (χ2n) is 5.18. The summed E-state index contributed by atoms with van der Waals surface area (Å²) in [6, 6.07) is 5.80. The molecule has 112 valence electrons. The van der Waals surface area contributed by atoms with Crippen LogP contribution in [0.4, 0.5) is 13.2 Å². The Hall–Kier alpha value is -0.680. The molecule has 1 aromatic rings. The minimum atomic E-state index is -4.27. The van der Waals surface area contributed by atoms with Crippen LogP contribution >= 0.6 is 11.8 Å². The van der Waals surface area contributed by atoms with Crippen molar-refractivity contribution in [2.24, 2.45) is 5.92 Å². The molecule has 2 unspecified atom stereocenters. The van der Waals surface area contributed by atoms with E-state index in [9.17, 15) is 13.2 Å². The summed E-state index contributed by atoms with van der Waals surface area (Å²) in [6.45, 7) is 2.90. The molecule has 0 bridgehead atoms. The second-order valence-corrected chi connectivity index (χ2v) is 6.33. The fraction of sp³-hybridized carbons (Fsp3) is 0.600. The number of thioether (sulfide) groups is 1. The van der Waals surface area contributed by atoms with Gasteiger partial charge in [-0.3, -0.25) is 0 Å². The Bertz CT molecular complexity index is 427. The van der Waals surface area contributed by atoms with Crippen molar-refractivity contribution in [1.82, 2.24) is 5.32 Å². The van der Waals surface area contributed by atoms with Crippen LogP contribution in [0.2, 0.25) is 0 Å². The molecule has 1 heterocycles. The third kappa shape index (κ3) is 3.92. The molecule has 1 aliphatic rings. The summed E-state index contributed by atoms with van der Waals surface area (Å²) in [4.78, 5) is 0. The molecule has 1 aromatic carbocycles. The van der Waals surface area contributed by atoms with E-state index in [0.29, 0.717) is 5.92 Å². The van der Waals surface area contributed by atoms with Gasteiger partial charge in [0.05, 0.1) is 5.56 Å². The fourth-order valence-electron chi connectivity index (χ4n) is 2.58. The second kappa shape index (κ2) is 6.85. The zero-order valence-corrected chi connectivity index (χ0v) is 12.4. The number of rotatable bonds is 5. The first kappa shape index (κ1) is 15.7. The third-order valence-electron chi connectivity index (χ3n) is 3.62. The van der Waals surface area contributed by atoms with Crippen molar-refractivity contribution in [3.63, 3.8) is 0 Å². The van der Waals surface area contributed by atoms with Gasteiger partial charge in [0, 0.05) is 6.04 Å². The van der Waals surface area contributed by atoms with E-state index in [1.54, 1.807) is 0 Å². The van der Waals surface area contributed by atoms with E-state index >= 15 is 0 Å². The average molecular weight is 303 g/mol. The molecule has 0 amide bonds. The first-order valence-electron chi connectivity index (χ1n) is 7.00. The van der Waals surface area contributed by atoms with Gasteiger partial charge in [-0.25, -0.2) is 0 Å². The molecule has 1 nitrogen and oxygen atoms in total. The summed E-state index contributed by atoms with van der Waals surface area (Å²) in [5, 5.41) is 3.43. The molecule has 0 aliphatic carbocycles. The van der Waals surface area contributed by atoms with E-state index in [4.69, 9.17) is 0 Å². The highest BCUT2D eigenvalue weighted by Gasteiger charge is 2.32. The number of hydrogen-bond donors (Lipinski definition) is 1. The zero-order chi connectivity index (χ0) is 14.6. The van der Waals surface area contributed by atoms with Gasteiger partial charge in [0.15, 0.2) is 0 Å². The standard InChI is InChI=1S/C15H20F3NS/c1-2-7-19-14(12-6-8-20-10-12)11-4-3-5-13(9-11)15(16,17)18/h3-5,9,12,14,19H,2,6-8,10H2,1H3. The van der Waals surface area contributed by atoms with Crippen molar-refractivity contribution < 1.29 is 13.2 Å². The van der Waals surface area contributed by atoms with Gasteiger partial charge in [0.25, 0.3) is 0 Å². The minimum absolute atomic E-state index is 0.0345. The topological polar surface area (TPSA) is 12.0 Å². The summed E-state index contributed by atoms with van der Waals surface area (Å²) in [7, 11) is 0. The van der Waals surface area contributed by atoms with E-state index in [2.05, 4.69) is 12.2 Å². The molecule has 2 atom stereocenters. The Labute approximate surface area is 122 Å². The Balaban J connectivity index is 2.23. The van der Waals surface area contributed by atoms with E-state index in [0.717, 1.165) is 42.5 Å². The summed E-state index contributed by atoms with van der Waals surface area (Å²) in [5.74, 6) is 2.56. The van der Waals surface area contributed by atoms with E-state index in [1.165, 1.54) is 12.1 Å². The molecular formula is C15H20F3NS. The highest BCUT2D eigenvalue weighted by atomic mass is 32.2. The third-order valence-corrected chi connectivity index (χ3v) is 4.81. The van der Waals surface area contributed by atoms with Crippen molar-refractivity contribution in [1.29, 1.82) is 0 Å². The lowest BCUT2D eigenvalue weighted by atomic mass is 9.91. The van der Waals surface area contributed by atoms with Crippen molar-refractivity contribution in [3.8, 4) is 0 Å². The maximum Gasteiger partial charge on any atom is 0.416 e. The van der Waals surface area contributed by atoms with Gasteiger partial charge in [-0.2, -0.15) is 24.9 Å². The van der Waals surface area contributed by atoms with Crippen LogP contribution in [0.15, 0.2) is 24.3 Å². The predicted octanol–water partition coefficient (Wildman–Crippen LogP) is 4.50. The largest absolute Gasteiger partial charge is 0.416 e. The monoisotopic (exact) mass is 303 g/mol. The molecule has 1 saturated heterocycles. The van der Waals surface area contributed by atoms with Crippen LogP contribution in [0.1, 0.15) is 36.9 Å². The molecule has 1 N–H and O–H groups in total. The lowest BCUT2D eigenvalue weighted by Crippen LogP contribution is -2.29. The number of hydrogen-bond acceptors (Lipinski definition) is 2. The van der Waals surface area contributed by atoms with Crippen molar-refractivity contribution >= 4 is 11.8 Å². The average Bonchev–Trinajstić information content (AvgIpc) is 2.92. The zero-order valence-electron chi connectivity index (χ0n) is 11.5. The summed E-state index contributed by atoms with van der Waals surface area (Å²) >= 11 is 1.89. The Morgan fingerprint density at radius 1 is 1.40 bits per heavy atom. The number of alkyl halides is 3. The molecule has 0 spiro atoms. The normalized spacial score (nSPS) is 21.1. The maximum atomic E-state index is 12.8. The van der Waals surface area contributed by atoms with E-state index in [1.807, 2.05) is 17.8 Å². The van der Waals surface area contributed by atoms with E-state index in [-0.39, 0.29) is 6.04 Å². The molecule has 2 rings (SSSR count). The summed E-state index contributed by atoms with van der Waals surface area (Å²) in [5.41, 5.74) is 0.213. The van der Waals surface area contributed by atoms with Gasteiger partial charge in [0.2, 0.25) is 0 Å². The maximum absolute atomic E-state index is 12.8. The molecule has 20 heavy (non-hydrogen) atoms. The van der Waals surface area contributed by atoms with Crippen molar-refractivity contribution in [2.75, 3.05) is 18.1 Å². The van der Waals surface area contributed by atoms with E-state index < -0.39 is 11.7 Å². The van der Waals surface area contributed by atoms with Gasteiger partial charge in [-0.15, -0.1) is 0 Å². The fourth-order valence-corrected chi connectivity index (χ4v) is 3.88. The molecule has 1 fully saturated rings. The SMILES string of the molecule is CCCNC(c1cccc(C(F)(F)F)c1)C1CCSC1. The van der Waals surface area contributed by atoms with Crippen LogP contribution in [0.25, 0.3) is 0 Å². The summed E-state index contributed by atoms with van der Waals surface area (Å²) < 4.78 is 38.5. The highest BCUT2D eigenvalue weighted by molar-refractivity contribution is 7.99. The lowest BCUT2D eigenvalue weighted by molar-refractivity contribution is -0.137. The minimum Gasteiger partial charge on any atom is -0.310 e. The van der Waals surface area contributed by atoms with Crippen LogP contribution in [-0.4, -0.2) is 18.1 Å². The van der Waals surface area contributed by atoms with Gasteiger partial charge in [-0.05, 0) is 54.5 Å². The first-order valence-corrected chi connectivity index (χ1v) is 8.16. The Morgan fingerprint density at radius 2 is 2.20 bits per heavy atom. The van der Waals surface area contributed by atoms with Crippen molar-refractivity contribution in [3.05, 3.63) is 35.4 Å². The van der Waals surface area contributed by atoms with Gasteiger partial charge < -0.3 is 5.32 Å². The number of benzene rings is 1. The molecule has 0 aromatic heterocycles. The van der Waals surface area contributed by atoms with Gasteiger partial charge >= 0.3 is 6.18 Å². The smallest absolute Gasteiger partial charge is 0.310 e. The van der Waals surface area contributed by atoms with Crippen LogP contribution in [0.3, 0.4) is 0 Å². The molecule has 0 radical (unpaired) electrons. The molecule has 5 heteroatoms. The quantitative estimate of drug-likeness (QED) is 0.859. The van der Waals surface area contributed by atoms with Crippen LogP contribution in [0, 0.1) is 5.92 Å². The Morgan fingerprint density at radius 3 is 2.80 bits per heavy atom.